The Balaban J connectivity index is 2.89. The van der Waals surface area contributed by atoms with Gasteiger partial charge in [0.15, 0.2) is 12.4 Å². The molecule has 12 heavy (non-hydrogen) atoms. The van der Waals surface area contributed by atoms with Crippen LogP contribution >= 0.6 is 15.9 Å². The highest BCUT2D eigenvalue weighted by Gasteiger charge is 2.02. The lowest BCUT2D eigenvalue weighted by molar-refractivity contribution is -0.670. The van der Waals surface area contributed by atoms with Crippen molar-refractivity contribution in [3.8, 4) is 0 Å². The monoisotopic (exact) mass is 222 g/mol. The highest BCUT2D eigenvalue weighted by atomic mass is 79.9. The van der Waals surface area contributed by atoms with Crippen LogP contribution in [0.25, 0.3) is 10.8 Å². The van der Waals surface area contributed by atoms with Crippen molar-refractivity contribution in [1.29, 1.82) is 0 Å². The summed E-state index contributed by atoms with van der Waals surface area (Å²) in [6.07, 6.45) is 4.17. The summed E-state index contributed by atoms with van der Waals surface area (Å²) >= 11 is 3.53. The molecule has 0 aliphatic heterocycles. The number of benzene rings is 1. The molecule has 0 fully saturated rings. The zero-order valence-electron chi connectivity index (χ0n) is 6.79. The molecule has 0 bridgehead atoms. The molecule has 0 saturated heterocycles. The summed E-state index contributed by atoms with van der Waals surface area (Å²) in [6.45, 7) is 0. The van der Waals surface area contributed by atoms with Crippen LogP contribution in [-0.2, 0) is 7.05 Å². The Hall–Kier alpha value is -0.890. The summed E-state index contributed by atoms with van der Waals surface area (Å²) in [6, 6.07) is 8.32. The van der Waals surface area contributed by atoms with Gasteiger partial charge >= 0.3 is 0 Å². The Bertz CT molecular complexity index is 423. The number of halogens is 1. The van der Waals surface area contributed by atoms with E-state index in [0.717, 1.165) is 4.47 Å². The van der Waals surface area contributed by atoms with Gasteiger partial charge in [-0.05, 0) is 22.0 Å². The molecule has 0 unspecified atom stereocenters. The van der Waals surface area contributed by atoms with Gasteiger partial charge in [-0.2, -0.15) is 0 Å². The number of rotatable bonds is 0. The number of hydrogen-bond donors (Lipinski definition) is 0. The first-order valence-electron chi connectivity index (χ1n) is 3.81. The first-order valence-corrected chi connectivity index (χ1v) is 4.60. The molecule has 2 rings (SSSR count). The zero-order valence-corrected chi connectivity index (χ0v) is 8.38. The van der Waals surface area contributed by atoms with Crippen molar-refractivity contribution in [2.45, 2.75) is 0 Å². The highest BCUT2D eigenvalue weighted by molar-refractivity contribution is 9.10. The number of aryl methyl sites for hydroxylation is 1. The molecule has 0 N–H and O–H groups in total. The Kier molecular flexibility index (Phi) is 1.85. The molecule has 2 heteroatoms. The first-order chi connectivity index (χ1) is 5.77. The van der Waals surface area contributed by atoms with E-state index in [-0.39, 0.29) is 0 Å². The van der Waals surface area contributed by atoms with Gasteiger partial charge in [-0.3, -0.25) is 0 Å². The predicted octanol–water partition coefficient (Wildman–Crippen LogP) is 2.43. The van der Waals surface area contributed by atoms with Gasteiger partial charge in [0, 0.05) is 10.8 Å². The van der Waals surface area contributed by atoms with Crippen LogP contribution in [0.1, 0.15) is 0 Å². The number of fused-ring (bicyclic) bond motifs is 1. The number of pyridine rings is 1. The van der Waals surface area contributed by atoms with Gasteiger partial charge in [-0.25, -0.2) is 4.57 Å². The molecule has 2 aromatic rings. The topological polar surface area (TPSA) is 3.88 Å². The average Bonchev–Trinajstić information content (AvgIpc) is 2.04. The molecule has 1 heterocycles. The van der Waals surface area contributed by atoms with Crippen molar-refractivity contribution in [3.63, 3.8) is 0 Å². The largest absolute Gasteiger partial charge is 0.206 e. The summed E-state index contributed by atoms with van der Waals surface area (Å²) < 4.78 is 3.19. The molecule has 0 amide bonds. The molecule has 0 radical (unpaired) electrons. The molecule has 0 saturated carbocycles. The lowest BCUT2D eigenvalue weighted by atomic mass is 10.2. The van der Waals surface area contributed by atoms with Crippen molar-refractivity contribution < 1.29 is 4.57 Å². The third kappa shape index (κ3) is 1.23. The van der Waals surface area contributed by atoms with Crippen molar-refractivity contribution in [1.82, 2.24) is 0 Å². The second-order valence-corrected chi connectivity index (χ2v) is 3.71. The minimum absolute atomic E-state index is 1.14. The summed E-state index contributed by atoms with van der Waals surface area (Å²) in [5.74, 6) is 0. The van der Waals surface area contributed by atoms with Crippen LogP contribution in [0.3, 0.4) is 0 Å². The maximum absolute atomic E-state index is 3.53. The minimum atomic E-state index is 1.14. The normalized spacial score (nSPS) is 10.5. The molecule has 1 aromatic carbocycles. The van der Waals surface area contributed by atoms with E-state index in [4.69, 9.17) is 0 Å². The van der Waals surface area contributed by atoms with Gasteiger partial charge in [-0.1, -0.05) is 18.2 Å². The second kappa shape index (κ2) is 2.87. The fourth-order valence-corrected chi connectivity index (χ4v) is 2.02. The quantitative estimate of drug-likeness (QED) is 0.604. The van der Waals surface area contributed by atoms with Gasteiger partial charge in [0.2, 0.25) is 0 Å². The molecule has 0 spiro atoms. The first kappa shape index (κ1) is 7.74. The van der Waals surface area contributed by atoms with E-state index >= 15 is 0 Å². The van der Waals surface area contributed by atoms with E-state index < -0.39 is 0 Å². The Morgan fingerprint density at radius 1 is 1.17 bits per heavy atom. The van der Waals surface area contributed by atoms with Crippen LogP contribution in [-0.4, -0.2) is 0 Å². The Morgan fingerprint density at radius 2 is 1.92 bits per heavy atom. The van der Waals surface area contributed by atoms with Gasteiger partial charge in [0.05, 0.1) is 4.47 Å². The number of nitrogens with zero attached hydrogens (tertiary/aromatic N) is 1. The molecular weight excluding hydrogens is 214 g/mol. The zero-order chi connectivity index (χ0) is 8.55. The van der Waals surface area contributed by atoms with Gasteiger partial charge in [0.1, 0.15) is 7.05 Å². The van der Waals surface area contributed by atoms with Crippen LogP contribution in [0.15, 0.2) is 41.1 Å². The predicted molar refractivity (Wildman–Crippen MR) is 52.8 cm³/mol. The van der Waals surface area contributed by atoms with E-state index in [0.29, 0.717) is 0 Å². The minimum Gasteiger partial charge on any atom is -0.206 e. The van der Waals surface area contributed by atoms with Crippen molar-refractivity contribution >= 4 is 26.7 Å². The molecule has 0 atom stereocenters. The van der Waals surface area contributed by atoms with E-state index in [9.17, 15) is 0 Å². The van der Waals surface area contributed by atoms with Crippen LogP contribution in [0.4, 0.5) is 0 Å². The molecular formula is C10H9BrN+. The summed E-state index contributed by atoms with van der Waals surface area (Å²) in [5, 5.41) is 2.52. The Labute approximate surface area is 79.8 Å². The third-order valence-electron chi connectivity index (χ3n) is 1.88. The van der Waals surface area contributed by atoms with Crippen LogP contribution in [0, 0.1) is 0 Å². The molecule has 0 aliphatic carbocycles. The van der Waals surface area contributed by atoms with Crippen molar-refractivity contribution in [2.24, 2.45) is 7.05 Å². The third-order valence-corrected chi connectivity index (χ3v) is 2.51. The SMILES string of the molecule is C[n+]1cc(Br)c2ccccc2c1. The molecule has 1 nitrogen and oxygen atoms in total. The lowest BCUT2D eigenvalue weighted by Crippen LogP contribution is -2.26. The van der Waals surface area contributed by atoms with E-state index in [1.807, 2.05) is 17.7 Å². The molecule has 60 valence electrons. The smallest absolute Gasteiger partial charge is 0.183 e. The van der Waals surface area contributed by atoms with Crippen LogP contribution in [0.2, 0.25) is 0 Å². The number of hydrogen-bond acceptors (Lipinski definition) is 0. The van der Waals surface area contributed by atoms with E-state index in [1.165, 1.54) is 10.8 Å². The van der Waals surface area contributed by atoms with E-state index in [1.54, 1.807) is 0 Å². The standard InChI is InChI=1S/C10H9BrN/c1-12-6-8-4-2-3-5-9(8)10(11)7-12/h2-7H,1H3/q+1. The van der Waals surface area contributed by atoms with Crippen LogP contribution < -0.4 is 4.57 Å². The summed E-state index contributed by atoms with van der Waals surface area (Å²) in [4.78, 5) is 0. The lowest BCUT2D eigenvalue weighted by Gasteiger charge is -1.96. The fraction of sp³-hybridized carbons (Fsp3) is 0.100. The number of aromatic nitrogens is 1. The second-order valence-electron chi connectivity index (χ2n) is 2.86. The van der Waals surface area contributed by atoms with E-state index in [2.05, 4.69) is 46.5 Å². The average molecular weight is 223 g/mol. The van der Waals surface area contributed by atoms with Crippen molar-refractivity contribution in [3.05, 3.63) is 41.1 Å². The summed E-state index contributed by atoms with van der Waals surface area (Å²) in [7, 11) is 2.02. The van der Waals surface area contributed by atoms with Crippen molar-refractivity contribution in [2.75, 3.05) is 0 Å². The van der Waals surface area contributed by atoms with Gasteiger partial charge < -0.3 is 0 Å². The molecule has 1 aromatic heterocycles. The molecule has 0 aliphatic rings. The summed E-state index contributed by atoms with van der Waals surface area (Å²) in [5.41, 5.74) is 0. The van der Waals surface area contributed by atoms with Gasteiger partial charge in [-0.15, -0.1) is 0 Å². The highest BCUT2D eigenvalue weighted by Crippen LogP contribution is 2.20. The van der Waals surface area contributed by atoms with Crippen LogP contribution in [0.5, 0.6) is 0 Å². The maximum atomic E-state index is 3.53. The fourth-order valence-electron chi connectivity index (χ4n) is 1.33. The maximum Gasteiger partial charge on any atom is 0.183 e. The Morgan fingerprint density at radius 3 is 2.75 bits per heavy atom. The van der Waals surface area contributed by atoms with Gasteiger partial charge in [0.25, 0.3) is 0 Å².